The maximum Gasteiger partial charge on any atom is 0.0777 e. The summed E-state index contributed by atoms with van der Waals surface area (Å²) in [6, 6.07) is 8.20. The van der Waals surface area contributed by atoms with E-state index in [0.717, 1.165) is 22.8 Å². The molecule has 1 fully saturated rings. The zero-order valence-electron chi connectivity index (χ0n) is 14.2. The fourth-order valence-corrected chi connectivity index (χ4v) is 3.83. The first-order valence-corrected chi connectivity index (χ1v) is 9.28. The van der Waals surface area contributed by atoms with Gasteiger partial charge in [0.15, 0.2) is 0 Å². The quantitative estimate of drug-likeness (QED) is 0.840. The fourth-order valence-electron chi connectivity index (χ4n) is 3.70. The Kier molecular flexibility index (Phi) is 5.80. The zero-order chi connectivity index (χ0) is 16.9. The lowest BCUT2D eigenvalue weighted by Gasteiger charge is -2.40. The van der Waals surface area contributed by atoms with Crippen LogP contribution in [-0.4, -0.2) is 27.5 Å². The minimum atomic E-state index is -0.0696. The smallest absolute Gasteiger partial charge is 0.0777 e. The number of rotatable bonds is 6. The summed E-state index contributed by atoms with van der Waals surface area (Å²) >= 11 is 6.04. The molecule has 1 heterocycles. The predicted molar refractivity (Wildman–Crippen MR) is 98.5 cm³/mol. The van der Waals surface area contributed by atoms with E-state index in [2.05, 4.69) is 23.1 Å². The second kappa shape index (κ2) is 8.04. The summed E-state index contributed by atoms with van der Waals surface area (Å²) < 4.78 is 1.95. The number of aryl methyl sites for hydroxylation is 1. The van der Waals surface area contributed by atoms with Crippen LogP contribution < -0.4 is 4.90 Å². The molecule has 1 atom stereocenters. The highest BCUT2D eigenvalue weighted by molar-refractivity contribution is 6.30. The SMILES string of the molecule is CCn1cc(N(C2CCCCC2)C(CO)c2ccc(Cl)cc2)cn1. The monoisotopic (exact) mass is 347 g/mol. The first kappa shape index (κ1) is 17.3. The van der Waals surface area contributed by atoms with Crippen molar-refractivity contribution in [3.8, 4) is 0 Å². The summed E-state index contributed by atoms with van der Waals surface area (Å²) in [6.45, 7) is 3.02. The van der Waals surface area contributed by atoms with Crippen molar-refractivity contribution in [1.82, 2.24) is 9.78 Å². The lowest BCUT2D eigenvalue weighted by atomic mass is 9.91. The Hall–Kier alpha value is -1.52. The Labute approximate surface area is 149 Å². The van der Waals surface area contributed by atoms with Crippen molar-refractivity contribution >= 4 is 17.3 Å². The van der Waals surface area contributed by atoms with E-state index in [0.29, 0.717) is 6.04 Å². The topological polar surface area (TPSA) is 41.3 Å². The Balaban J connectivity index is 1.96. The third-order valence-electron chi connectivity index (χ3n) is 4.97. The number of benzene rings is 1. The summed E-state index contributed by atoms with van der Waals surface area (Å²) in [7, 11) is 0. The van der Waals surface area contributed by atoms with E-state index in [1.54, 1.807) is 0 Å². The molecule has 0 bridgehead atoms. The van der Waals surface area contributed by atoms with Crippen molar-refractivity contribution in [3.63, 3.8) is 0 Å². The maximum absolute atomic E-state index is 10.2. The molecule has 3 rings (SSSR count). The Morgan fingerprint density at radius 2 is 1.96 bits per heavy atom. The number of aromatic nitrogens is 2. The van der Waals surface area contributed by atoms with Gasteiger partial charge in [0.25, 0.3) is 0 Å². The average Bonchev–Trinajstić information content (AvgIpc) is 3.10. The molecule has 1 aliphatic rings. The molecular formula is C19H26ClN3O. The Morgan fingerprint density at radius 1 is 1.25 bits per heavy atom. The van der Waals surface area contributed by atoms with Gasteiger partial charge in [0, 0.05) is 23.8 Å². The van der Waals surface area contributed by atoms with Gasteiger partial charge >= 0.3 is 0 Å². The molecule has 0 amide bonds. The van der Waals surface area contributed by atoms with E-state index < -0.39 is 0 Å². The van der Waals surface area contributed by atoms with E-state index in [1.165, 1.54) is 32.1 Å². The van der Waals surface area contributed by atoms with Crippen molar-refractivity contribution in [3.05, 3.63) is 47.2 Å². The van der Waals surface area contributed by atoms with Crippen LogP contribution in [-0.2, 0) is 6.54 Å². The highest BCUT2D eigenvalue weighted by Gasteiger charge is 2.29. The van der Waals surface area contributed by atoms with Crippen LogP contribution in [0.25, 0.3) is 0 Å². The molecule has 1 aromatic heterocycles. The van der Waals surface area contributed by atoms with Crippen LogP contribution >= 0.6 is 11.6 Å². The second-order valence-electron chi connectivity index (χ2n) is 6.50. The first-order valence-electron chi connectivity index (χ1n) is 8.90. The molecule has 1 aromatic carbocycles. The van der Waals surface area contributed by atoms with Gasteiger partial charge in [-0.25, -0.2) is 0 Å². The highest BCUT2D eigenvalue weighted by Crippen LogP contribution is 2.35. The summed E-state index contributed by atoms with van der Waals surface area (Å²) in [4.78, 5) is 2.38. The van der Waals surface area contributed by atoms with E-state index in [1.807, 2.05) is 35.1 Å². The van der Waals surface area contributed by atoms with Gasteiger partial charge in [-0.2, -0.15) is 5.10 Å². The number of hydrogen-bond donors (Lipinski definition) is 1. The zero-order valence-corrected chi connectivity index (χ0v) is 15.0. The number of halogens is 1. The second-order valence-corrected chi connectivity index (χ2v) is 6.94. The minimum absolute atomic E-state index is 0.0696. The molecule has 0 spiro atoms. The Morgan fingerprint density at radius 3 is 2.54 bits per heavy atom. The molecular weight excluding hydrogens is 322 g/mol. The number of aliphatic hydroxyl groups is 1. The molecule has 0 radical (unpaired) electrons. The van der Waals surface area contributed by atoms with Crippen molar-refractivity contribution in [2.24, 2.45) is 0 Å². The molecule has 130 valence electrons. The average molecular weight is 348 g/mol. The van der Waals surface area contributed by atoms with E-state index in [9.17, 15) is 5.11 Å². The highest BCUT2D eigenvalue weighted by atomic mass is 35.5. The van der Waals surface area contributed by atoms with Crippen molar-refractivity contribution in [1.29, 1.82) is 0 Å². The lowest BCUT2D eigenvalue weighted by molar-refractivity contribution is 0.245. The van der Waals surface area contributed by atoms with Crippen molar-refractivity contribution in [2.45, 2.75) is 57.7 Å². The van der Waals surface area contributed by atoms with Gasteiger partial charge in [-0.3, -0.25) is 4.68 Å². The normalized spacial score (nSPS) is 17.0. The van der Waals surface area contributed by atoms with E-state index in [-0.39, 0.29) is 12.6 Å². The molecule has 1 aliphatic carbocycles. The summed E-state index contributed by atoms with van der Waals surface area (Å²) in [5, 5.41) is 15.3. The van der Waals surface area contributed by atoms with Crippen LogP contribution in [0.3, 0.4) is 0 Å². The van der Waals surface area contributed by atoms with Crippen LogP contribution in [0.2, 0.25) is 5.02 Å². The third kappa shape index (κ3) is 3.76. The van der Waals surface area contributed by atoms with Gasteiger partial charge in [0.1, 0.15) is 0 Å². The van der Waals surface area contributed by atoms with Crippen molar-refractivity contribution in [2.75, 3.05) is 11.5 Å². The Bertz CT molecular complexity index is 634. The van der Waals surface area contributed by atoms with Gasteiger partial charge in [0.05, 0.1) is 24.5 Å². The number of nitrogens with zero attached hydrogens (tertiary/aromatic N) is 3. The summed E-state index contributed by atoms with van der Waals surface area (Å²) in [5.41, 5.74) is 2.19. The van der Waals surface area contributed by atoms with Crippen molar-refractivity contribution < 1.29 is 5.11 Å². The van der Waals surface area contributed by atoms with Crippen LogP contribution in [0.1, 0.15) is 50.6 Å². The van der Waals surface area contributed by atoms with Gasteiger partial charge in [0.2, 0.25) is 0 Å². The number of hydrogen-bond acceptors (Lipinski definition) is 3. The molecule has 1 N–H and O–H groups in total. The standard InChI is InChI=1S/C19H26ClN3O/c1-2-22-13-18(12-21-22)23(17-6-4-3-5-7-17)19(14-24)15-8-10-16(20)11-9-15/h8-13,17,19,24H,2-7,14H2,1H3. The number of aliphatic hydroxyl groups excluding tert-OH is 1. The molecule has 1 saturated carbocycles. The van der Waals surface area contributed by atoms with Crippen LogP contribution in [0.5, 0.6) is 0 Å². The molecule has 4 nitrogen and oxygen atoms in total. The van der Waals surface area contributed by atoms with Gasteiger partial charge in [-0.15, -0.1) is 0 Å². The van der Waals surface area contributed by atoms with Crippen LogP contribution in [0, 0.1) is 0 Å². The van der Waals surface area contributed by atoms with Crippen LogP contribution in [0.4, 0.5) is 5.69 Å². The minimum Gasteiger partial charge on any atom is -0.394 e. The van der Waals surface area contributed by atoms with E-state index >= 15 is 0 Å². The van der Waals surface area contributed by atoms with Crippen LogP contribution in [0.15, 0.2) is 36.7 Å². The fraction of sp³-hybridized carbons (Fsp3) is 0.526. The maximum atomic E-state index is 10.2. The first-order chi connectivity index (χ1) is 11.7. The van der Waals surface area contributed by atoms with Gasteiger partial charge in [-0.1, -0.05) is 43.0 Å². The lowest BCUT2D eigenvalue weighted by Crippen LogP contribution is -2.41. The van der Waals surface area contributed by atoms with E-state index in [4.69, 9.17) is 11.6 Å². The van der Waals surface area contributed by atoms with Gasteiger partial charge in [-0.05, 0) is 37.5 Å². The number of anilines is 1. The molecule has 1 unspecified atom stereocenters. The summed E-state index contributed by atoms with van der Waals surface area (Å²) in [6.07, 6.45) is 10.2. The third-order valence-corrected chi connectivity index (χ3v) is 5.23. The molecule has 24 heavy (non-hydrogen) atoms. The van der Waals surface area contributed by atoms with Gasteiger partial charge < -0.3 is 10.0 Å². The molecule has 0 aliphatic heterocycles. The molecule has 0 saturated heterocycles. The molecule has 2 aromatic rings. The molecule has 5 heteroatoms. The predicted octanol–water partition coefficient (Wildman–Crippen LogP) is 4.43. The largest absolute Gasteiger partial charge is 0.394 e. The summed E-state index contributed by atoms with van der Waals surface area (Å²) in [5.74, 6) is 0.